The second-order valence-electron chi connectivity index (χ2n) is 5.68. The Hall–Kier alpha value is -1.57. The first-order valence-corrected chi connectivity index (χ1v) is 7.40. The van der Waals surface area contributed by atoms with Crippen LogP contribution in [0.1, 0.15) is 18.4 Å². The van der Waals surface area contributed by atoms with E-state index in [1.807, 2.05) is 24.3 Å². The predicted octanol–water partition coefficient (Wildman–Crippen LogP) is 1.77. The van der Waals surface area contributed by atoms with Gasteiger partial charge in [0, 0.05) is 24.7 Å². The molecule has 0 amide bonds. The van der Waals surface area contributed by atoms with E-state index in [4.69, 9.17) is 10.00 Å². The molecule has 1 aromatic carbocycles. The van der Waals surface area contributed by atoms with Gasteiger partial charge in [0.05, 0.1) is 0 Å². The Morgan fingerprint density at radius 2 is 2.10 bits per heavy atom. The van der Waals surface area contributed by atoms with E-state index in [0.717, 1.165) is 23.8 Å². The molecule has 0 spiro atoms. The zero-order valence-corrected chi connectivity index (χ0v) is 11.7. The van der Waals surface area contributed by atoms with Gasteiger partial charge in [-0.2, -0.15) is 5.26 Å². The van der Waals surface area contributed by atoms with Crippen molar-refractivity contribution in [3.8, 4) is 11.8 Å². The first-order valence-electron chi connectivity index (χ1n) is 7.40. The number of nitriles is 1. The van der Waals surface area contributed by atoms with Gasteiger partial charge in [0.1, 0.15) is 11.8 Å². The van der Waals surface area contributed by atoms with Gasteiger partial charge in [-0.05, 0) is 37.9 Å². The zero-order chi connectivity index (χ0) is 13.8. The van der Waals surface area contributed by atoms with Crippen LogP contribution in [0.5, 0.6) is 5.75 Å². The van der Waals surface area contributed by atoms with Gasteiger partial charge in [0.2, 0.25) is 0 Å². The minimum Gasteiger partial charge on any atom is -0.478 e. The normalized spacial score (nSPS) is 28.1. The summed E-state index contributed by atoms with van der Waals surface area (Å²) in [4.78, 5) is 2.55. The van der Waals surface area contributed by atoms with Crippen molar-refractivity contribution >= 4 is 0 Å². The van der Waals surface area contributed by atoms with Crippen LogP contribution in [0.4, 0.5) is 0 Å². The monoisotopic (exact) mass is 271 g/mol. The van der Waals surface area contributed by atoms with E-state index in [9.17, 15) is 0 Å². The van der Waals surface area contributed by atoms with Crippen molar-refractivity contribution in [3.05, 3.63) is 29.8 Å². The van der Waals surface area contributed by atoms with E-state index in [1.165, 1.54) is 32.5 Å². The van der Waals surface area contributed by atoms with Crippen LogP contribution >= 0.6 is 0 Å². The SMILES string of the molecule is N#CCOc1ccccc1CNC1CN2CCC1CC2. The Morgan fingerprint density at radius 3 is 2.80 bits per heavy atom. The summed E-state index contributed by atoms with van der Waals surface area (Å²) in [7, 11) is 0. The Morgan fingerprint density at radius 1 is 1.30 bits per heavy atom. The van der Waals surface area contributed by atoms with Crippen LogP contribution in [0.15, 0.2) is 24.3 Å². The molecule has 2 bridgehead atoms. The van der Waals surface area contributed by atoms with E-state index in [1.54, 1.807) is 0 Å². The third kappa shape index (κ3) is 2.95. The van der Waals surface area contributed by atoms with Crippen LogP contribution in [0.2, 0.25) is 0 Å². The molecule has 3 aliphatic rings. The lowest BCUT2D eigenvalue weighted by Gasteiger charge is -2.45. The summed E-state index contributed by atoms with van der Waals surface area (Å²) in [6.07, 6.45) is 2.65. The summed E-state index contributed by atoms with van der Waals surface area (Å²) in [5.74, 6) is 1.65. The van der Waals surface area contributed by atoms with Gasteiger partial charge < -0.3 is 15.0 Å². The second kappa shape index (κ2) is 6.25. The lowest BCUT2D eigenvalue weighted by molar-refractivity contribution is 0.0719. The lowest BCUT2D eigenvalue weighted by atomic mass is 9.84. The molecule has 4 heteroatoms. The Balaban J connectivity index is 1.59. The average Bonchev–Trinajstić information content (AvgIpc) is 2.53. The smallest absolute Gasteiger partial charge is 0.174 e. The number of nitrogens with one attached hydrogen (secondary N) is 1. The fourth-order valence-corrected chi connectivity index (χ4v) is 3.34. The van der Waals surface area contributed by atoms with E-state index < -0.39 is 0 Å². The van der Waals surface area contributed by atoms with Gasteiger partial charge in [0.15, 0.2) is 6.61 Å². The molecule has 3 aliphatic heterocycles. The highest BCUT2D eigenvalue weighted by Gasteiger charge is 2.33. The first-order chi connectivity index (χ1) is 9.86. The van der Waals surface area contributed by atoms with E-state index >= 15 is 0 Å². The molecular weight excluding hydrogens is 250 g/mol. The number of hydrogen-bond donors (Lipinski definition) is 1. The van der Waals surface area contributed by atoms with Crippen molar-refractivity contribution in [1.82, 2.24) is 10.2 Å². The van der Waals surface area contributed by atoms with Crippen LogP contribution in [0.25, 0.3) is 0 Å². The predicted molar refractivity (Wildman–Crippen MR) is 77.3 cm³/mol. The van der Waals surface area contributed by atoms with E-state index in [2.05, 4.69) is 16.3 Å². The fourth-order valence-electron chi connectivity index (χ4n) is 3.34. The Kier molecular flexibility index (Phi) is 4.19. The number of fused-ring (bicyclic) bond motifs is 3. The molecule has 1 atom stereocenters. The lowest BCUT2D eigenvalue weighted by Crippen LogP contribution is -2.55. The van der Waals surface area contributed by atoms with Crippen molar-refractivity contribution in [3.63, 3.8) is 0 Å². The number of hydrogen-bond acceptors (Lipinski definition) is 4. The van der Waals surface area contributed by atoms with E-state index in [0.29, 0.717) is 6.04 Å². The van der Waals surface area contributed by atoms with Gasteiger partial charge in [-0.1, -0.05) is 18.2 Å². The maximum Gasteiger partial charge on any atom is 0.174 e. The molecule has 0 aliphatic carbocycles. The van der Waals surface area contributed by atoms with Crippen molar-refractivity contribution in [2.24, 2.45) is 5.92 Å². The maximum atomic E-state index is 8.63. The van der Waals surface area contributed by atoms with Crippen molar-refractivity contribution in [1.29, 1.82) is 5.26 Å². The molecule has 3 saturated heterocycles. The number of ether oxygens (including phenoxy) is 1. The molecule has 3 heterocycles. The highest BCUT2D eigenvalue weighted by atomic mass is 16.5. The Labute approximate surface area is 120 Å². The van der Waals surface area contributed by atoms with Gasteiger partial charge in [-0.3, -0.25) is 0 Å². The van der Waals surface area contributed by atoms with Gasteiger partial charge in [-0.25, -0.2) is 0 Å². The van der Waals surface area contributed by atoms with Crippen LogP contribution in [0, 0.1) is 17.2 Å². The molecule has 4 nitrogen and oxygen atoms in total. The molecule has 20 heavy (non-hydrogen) atoms. The van der Waals surface area contributed by atoms with E-state index in [-0.39, 0.29) is 6.61 Å². The van der Waals surface area contributed by atoms with Gasteiger partial charge in [0.25, 0.3) is 0 Å². The van der Waals surface area contributed by atoms with Crippen LogP contribution in [0.3, 0.4) is 0 Å². The highest BCUT2D eigenvalue weighted by Crippen LogP contribution is 2.28. The number of para-hydroxylation sites is 1. The summed E-state index contributed by atoms with van der Waals surface area (Å²) >= 11 is 0. The topological polar surface area (TPSA) is 48.3 Å². The number of piperidine rings is 3. The fraction of sp³-hybridized carbons (Fsp3) is 0.562. The van der Waals surface area contributed by atoms with Crippen LogP contribution in [-0.2, 0) is 6.54 Å². The number of rotatable bonds is 5. The third-order valence-corrected chi connectivity index (χ3v) is 4.48. The summed E-state index contributed by atoms with van der Waals surface area (Å²) in [6, 6.07) is 10.6. The molecule has 0 saturated carbocycles. The summed E-state index contributed by atoms with van der Waals surface area (Å²) in [6.45, 7) is 4.63. The molecule has 0 aromatic heterocycles. The third-order valence-electron chi connectivity index (χ3n) is 4.48. The largest absolute Gasteiger partial charge is 0.478 e. The molecule has 1 aromatic rings. The second-order valence-corrected chi connectivity index (χ2v) is 5.68. The minimum atomic E-state index is 0.108. The molecular formula is C16H21N3O. The number of nitrogens with zero attached hydrogens (tertiary/aromatic N) is 2. The van der Waals surface area contributed by atoms with Crippen molar-refractivity contribution in [2.45, 2.75) is 25.4 Å². The summed E-state index contributed by atoms with van der Waals surface area (Å²) < 4.78 is 5.48. The molecule has 0 radical (unpaired) electrons. The van der Waals surface area contributed by atoms with Gasteiger partial charge >= 0.3 is 0 Å². The molecule has 3 fully saturated rings. The van der Waals surface area contributed by atoms with Crippen LogP contribution in [-0.4, -0.2) is 37.2 Å². The van der Waals surface area contributed by atoms with Gasteiger partial charge in [-0.15, -0.1) is 0 Å². The molecule has 106 valence electrons. The summed E-state index contributed by atoms with van der Waals surface area (Å²) in [5, 5.41) is 12.3. The maximum absolute atomic E-state index is 8.63. The molecule has 4 rings (SSSR count). The summed E-state index contributed by atoms with van der Waals surface area (Å²) in [5.41, 5.74) is 1.14. The highest BCUT2D eigenvalue weighted by molar-refractivity contribution is 5.33. The Bertz CT molecular complexity index is 489. The molecule has 1 unspecified atom stereocenters. The number of benzene rings is 1. The van der Waals surface area contributed by atoms with Crippen molar-refractivity contribution in [2.75, 3.05) is 26.2 Å². The minimum absolute atomic E-state index is 0.108. The average molecular weight is 271 g/mol. The quantitative estimate of drug-likeness (QED) is 0.886. The first kappa shape index (κ1) is 13.4. The zero-order valence-electron chi connectivity index (χ0n) is 11.7. The van der Waals surface area contributed by atoms with Crippen LogP contribution < -0.4 is 10.1 Å². The molecule has 1 N–H and O–H groups in total. The standard InChI is InChI=1S/C16H21N3O/c17-7-10-20-16-4-2-1-3-14(16)11-18-15-12-19-8-5-13(15)6-9-19/h1-4,13,15,18H,5-6,8-12H2. The van der Waals surface area contributed by atoms with Crippen molar-refractivity contribution < 1.29 is 4.74 Å².